The first kappa shape index (κ1) is 14.7. The second kappa shape index (κ2) is 7.18. The molecule has 5 N–H and O–H groups in total. The molecule has 4 nitrogen and oxygen atoms in total. The quantitative estimate of drug-likeness (QED) is 0.451. The van der Waals surface area contributed by atoms with Crippen LogP contribution >= 0.6 is 23.8 Å². The van der Waals surface area contributed by atoms with E-state index in [2.05, 4.69) is 17.2 Å². The lowest BCUT2D eigenvalue weighted by atomic mass is 10.1. The molecule has 0 aromatic heterocycles. The zero-order valence-corrected chi connectivity index (χ0v) is 11.8. The number of para-hydroxylation sites is 1. The van der Waals surface area contributed by atoms with Crippen molar-refractivity contribution in [3.8, 4) is 0 Å². The first-order valence-corrected chi connectivity index (χ1v) is 6.51. The summed E-state index contributed by atoms with van der Waals surface area (Å²) in [5.41, 5.74) is 12.4. The molecular weight excluding hydrogens is 268 g/mol. The van der Waals surface area contributed by atoms with E-state index in [0.29, 0.717) is 5.02 Å². The molecule has 1 rings (SSSR count). The summed E-state index contributed by atoms with van der Waals surface area (Å²) < 4.78 is 0. The van der Waals surface area contributed by atoms with E-state index in [1.165, 1.54) is 0 Å². The Kier molecular flexibility index (Phi) is 5.88. The third-order valence-corrected chi connectivity index (χ3v) is 2.87. The van der Waals surface area contributed by atoms with Crippen LogP contribution in [0.1, 0.15) is 25.3 Å². The number of unbranched alkanes of at least 4 members (excludes halogenated alkanes) is 1. The van der Waals surface area contributed by atoms with Crippen molar-refractivity contribution in [2.75, 3.05) is 5.32 Å². The van der Waals surface area contributed by atoms with Gasteiger partial charge in [-0.25, -0.2) is 0 Å². The molecule has 0 aliphatic carbocycles. The summed E-state index contributed by atoms with van der Waals surface area (Å²) in [6.07, 6.45) is 3.14. The molecule has 0 amide bonds. The SMILES string of the molecule is CCCCc1cccc(Cl)c1NC(=S)N=C(N)N. The van der Waals surface area contributed by atoms with Gasteiger partial charge in [0.25, 0.3) is 0 Å². The number of nitrogens with zero attached hydrogens (tertiary/aromatic N) is 1. The topological polar surface area (TPSA) is 76.4 Å². The summed E-state index contributed by atoms with van der Waals surface area (Å²) in [5.74, 6) is -0.0744. The van der Waals surface area contributed by atoms with Crippen LogP contribution in [-0.2, 0) is 6.42 Å². The summed E-state index contributed by atoms with van der Waals surface area (Å²) in [4.78, 5) is 3.77. The van der Waals surface area contributed by atoms with Gasteiger partial charge in [0.05, 0.1) is 10.7 Å². The second-order valence-electron chi connectivity index (χ2n) is 3.84. The van der Waals surface area contributed by atoms with Crippen molar-refractivity contribution in [1.82, 2.24) is 0 Å². The van der Waals surface area contributed by atoms with E-state index in [4.69, 9.17) is 35.3 Å². The number of thiocarbonyl (C=S) groups is 1. The number of anilines is 1. The number of nitrogens with two attached hydrogens (primary N) is 2. The van der Waals surface area contributed by atoms with E-state index in [1.54, 1.807) is 6.07 Å². The third kappa shape index (κ3) is 4.50. The predicted octanol–water partition coefficient (Wildman–Crippen LogP) is 2.65. The van der Waals surface area contributed by atoms with E-state index in [9.17, 15) is 0 Å². The molecule has 0 spiro atoms. The highest BCUT2D eigenvalue weighted by molar-refractivity contribution is 7.80. The summed E-state index contributed by atoms with van der Waals surface area (Å²) in [5, 5.41) is 3.79. The van der Waals surface area contributed by atoms with Crippen LogP contribution < -0.4 is 16.8 Å². The maximum atomic E-state index is 6.16. The van der Waals surface area contributed by atoms with Crippen molar-refractivity contribution < 1.29 is 0 Å². The molecule has 0 aliphatic heterocycles. The zero-order valence-electron chi connectivity index (χ0n) is 10.2. The van der Waals surface area contributed by atoms with Crippen LogP contribution in [0.5, 0.6) is 0 Å². The van der Waals surface area contributed by atoms with Crippen LogP contribution in [0, 0.1) is 0 Å². The molecule has 0 heterocycles. The molecule has 1 aromatic rings. The van der Waals surface area contributed by atoms with Crippen LogP contribution in [0.4, 0.5) is 5.69 Å². The smallest absolute Gasteiger partial charge is 0.200 e. The highest BCUT2D eigenvalue weighted by Crippen LogP contribution is 2.27. The number of aryl methyl sites for hydroxylation is 1. The number of halogens is 1. The number of hydrogen-bond acceptors (Lipinski definition) is 1. The Balaban J connectivity index is 2.92. The van der Waals surface area contributed by atoms with Gasteiger partial charge in [-0.3, -0.25) is 0 Å². The lowest BCUT2D eigenvalue weighted by molar-refractivity contribution is 0.796. The summed E-state index contributed by atoms with van der Waals surface area (Å²) in [6, 6.07) is 5.74. The molecule has 98 valence electrons. The van der Waals surface area contributed by atoms with Gasteiger partial charge in [-0.05, 0) is 36.7 Å². The van der Waals surface area contributed by atoms with E-state index in [1.807, 2.05) is 12.1 Å². The van der Waals surface area contributed by atoms with Crippen molar-refractivity contribution in [1.29, 1.82) is 0 Å². The summed E-state index contributed by atoms with van der Waals surface area (Å²) >= 11 is 11.2. The number of benzene rings is 1. The maximum Gasteiger partial charge on any atom is 0.200 e. The number of guanidine groups is 1. The predicted molar refractivity (Wildman–Crippen MR) is 82.1 cm³/mol. The normalized spacial score (nSPS) is 9.89. The molecule has 0 saturated heterocycles. The van der Waals surface area contributed by atoms with E-state index < -0.39 is 0 Å². The molecule has 1 aromatic carbocycles. The fourth-order valence-corrected chi connectivity index (χ4v) is 1.99. The van der Waals surface area contributed by atoms with Crippen LogP contribution in [-0.4, -0.2) is 11.1 Å². The van der Waals surface area contributed by atoms with Crippen LogP contribution in [0.3, 0.4) is 0 Å². The number of aliphatic imine (C=N–C) groups is 1. The van der Waals surface area contributed by atoms with Gasteiger partial charge in [-0.1, -0.05) is 37.1 Å². The minimum absolute atomic E-state index is 0.0744. The number of hydrogen-bond donors (Lipinski definition) is 3. The van der Waals surface area contributed by atoms with Gasteiger partial charge in [0.15, 0.2) is 5.96 Å². The largest absolute Gasteiger partial charge is 0.370 e. The summed E-state index contributed by atoms with van der Waals surface area (Å²) in [6.45, 7) is 2.14. The maximum absolute atomic E-state index is 6.16. The molecule has 0 radical (unpaired) electrons. The van der Waals surface area contributed by atoms with Crippen molar-refractivity contribution >= 4 is 40.6 Å². The molecule has 6 heteroatoms. The van der Waals surface area contributed by atoms with Crippen LogP contribution in [0.15, 0.2) is 23.2 Å². The van der Waals surface area contributed by atoms with Gasteiger partial charge in [-0.2, -0.15) is 4.99 Å². The highest BCUT2D eigenvalue weighted by atomic mass is 35.5. The van der Waals surface area contributed by atoms with Gasteiger partial charge in [0.2, 0.25) is 5.11 Å². The van der Waals surface area contributed by atoms with Crippen molar-refractivity contribution in [3.63, 3.8) is 0 Å². The molecule has 0 saturated carbocycles. The molecule has 0 bridgehead atoms. The minimum Gasteiger partial charge on any atom is -0.370 e. The Morgan fingerprint density at radius 3 is 2.78 bits per heavy atom. The molecule has 18 heavy (non-hydrogen) atoms. The van der Waals surface area contributed by atoms with Gasteiger partial charge in [0.1, 0.15) is 0 Å². The van der Waals surface area contributed by atoms with Gasteiger partial charge in [0, 0.05) is 0 Å². The standard InChI is InChI=1S/C12H17ClN4S/c1-2-3-5-8-6-4-7-9(13)10(8)16-12(18)17-11(14)15/h4,6-7H,2-3,5H2,1H3,(H5,14,15,16,17,18). The molecule has 0 fully saturated rings. The first-order chi connectivity index (χ1) is 8.54. The minimum atomic E-state index is -0.0744. The highest BCUT2D eigenvalue weighted by Gasteiger charge is 2.08. The Hall–Kier alpha value is -1.33. The molecule has 0 atom stereocenters. The van der Waals surface area contributed by atoms with Crippen molar-refractivity contribution in [3.05, 3.63) is 28.8 Å². The monoisotopic (exact) mass is 284 g/mol. The Morgan fingerprint density at radius 2 is 2.17 bits per heavy atom. The van der Waals surface area contributed by atoms with Gasteiger partial charge < -0.3 is 16.8 Å². The lowest BCUT2D eigenvalue weighted by Crippen LogP contribution is -2.25. The molecular formula is C12H17ClN4S. The Morgan fingerprint density at radius 1 is 1.44 bits per heavy atom. The number of rotatable bonds is 4. The average molecular weight is 285 g/mol. The zero-order chi connectivity index (χ0) is 13.5. The number of nitrogens with one attached hydrogen (secondary N) is 1. The second-order valence-corrected chi connectivity index (χ2v) is 4.64. The van der Waals surface area contributed by atoms with E-state index in [-0.39, 0.29) is 11.1 Å². The fraction of sp³-hybridized carbons (Fsp3) is 0.333. The summed E-state index contributed by atoms with van der Waals surface area (Å²) in [7, 11) is 0. The Labute approximate surface area is 117 Å². The van der Waals surface area contributed by atoms with Crippen LogP contribution in [0.2, 0.25) is 5.02 Å². The molecule has 0 aliphatic rings. The third-order valence-electron chi connectivity index (χ3n) is 2.36. The van der Waals surface area contributed by atoms with E-state index in [0.717, 1.165) is 30.5 Å². The Bertz CT molecular complexity index is 455. The van der Waals surface area contributed by atoms with Gasteiger partial charge in [-0.15, -0.1) is 0 Å². The van der Waals surface area contributed by atoms with Crippen LogP contribution in [0.25, 0.3) is 0 Å². The van der Waals surface area contributed by atoms with Crippen molar-refractivity contribution in [2.24, 2.45) is 16.5 Å². The van der Waals surface area contributed by atoms with Crippen molar-refractivity contribution in [2.45, 2.75) is 26.2 Å². The first-order valence-electron chi connectivity index (χ1n) is 5.72. The van der Waals surface area contributed by atoms with Gasteiger partial charge >= 0.3 is 0 Å². The lowest BCUT2D eigenvalue weighted by Gasteiger charge is -2.12. The van der Waals surface area contributed by atoms with E-state index >= 15 is 0 Å². The fourth-order valence-electron chi connectivity index (χ4n) is 1.54. The molecule has 0 unspecified atom stereocenters. The average Bonchev–Trinajstić information content (AvgIpc) is 2.29.